The molecule has 0 fully saturated rings. The zero-order chi connectivity index (χ0) is 16.4. The highest BCUT2D eigenvalue weighted by Gasteiger charge is 2.30. The van der Waals surface area contributed by atoms with Gasteiger partial charge in [-0.3, -0.25) is 14.5 Å². The summed E-state index contributed by atoms with van der Waals surface area (Å²) < 4.78 is 4.26. The molecule has 0 spiro atoms. The van der Waals surface area contributed by atoms with E-state index in [0.29, 0.717) is 5.69 Å². The number of aromatic nitrogens is 1. The highest BCUT2D eigenvalue weighted by molar-refractivity contribution is 7.09. The van der Waals surface area contributed by atoms with Gasteiger partial charge in [-0.2, -0.15) is 4.37 Å². The molecule has 1 aliphatic heterocycles. The minimum Gasteiger partial charge on any atom is -0.395 e. The van der Waals surface area contributed by atoms with Gasteiger partial charge in [-0.15, -0.1) is 0 Å². The van der Waals surface area contributed by atoms with Gasteiger partial charge in [0.05, 0.1) is 23.7 Å². The van der Waals surface area contributed by atoms with Crippen LogP contribution in [0.5, 0.6) is 0 Å². The predicted molar refractivity (Wildman–Crippen MR) is 87.8 cm³/mol. The molecule has 3 rings (SSSR count). The zero-order valence-electron chi connectivity index (χ0n) is 12.4. The zero-order valence-corrected chi connectivity index (χ0v) is 13.3. The Morgan fingerprint density at radius 1 is 1.30 bits per heavy atom. The Hall–Kier alpha value is -2.51. The van der Waals surface area contributed by atoms with E-state index in [0.717, 1.165) is 21.0 Å². The second-order valence-corrected chi connectivity index (χ2v) is 5.92. The van der Waals surface area contributed by atoms with E-state index in [4.69, 9.17) is 5.11 Å². The molecular formula is C16H15N3O3S. The molecule has 0 saturated heterocycles. The first-order chi connectivity index (χ1) is 11.1. The van der Waals surface area contributed by atoms with Crippen molar-refractivity contribution in [2.24, 2.45) is 0 Å². The van der Waals surface area contributed by atoms with E-state index in [2.05, 4.69) is 9.69 Å². The molecule has 2 N–H and O–H groups in total. The molecule has 2 heterocycles. The molecule has 118 valence electrons. The lowest BCUT2D eigenvalue weighted by atomic mass is 10.1. The summed E-state index contributed by atoms with van der Waals surface area (Å²) in [6.45, 7) is 1.68. The Kier molecular flexibility index (Phi) is 4.22. The third kappa shape index (κ3) is 3.15. The Morgan fingerprint density at radius 2 is 2.13 bits per heavy atom. The highest BCUT2D eigenvalue weighted by Crippen LogP contribution is 2.27. The van der Waals surface area contributed by atoms with Crippen LogP contribution in [-0.2, 0) is 9.59 Å². The van der Waals surface area contributed by atoms with Crippen LogP contribution in [0.3, 0.4) is 0 Å². The van der Waals surface area contributed by atoms with E-state index in [1.54, 1.807) is 0 Å². The number of nitrogens with zero attached hydrogens (tertiary/aromatic N) is 2. The number of nitrogens with one attached hydrogen (secondary N) is 1. The van der Waals surface area contributed by atoms with Crippen molar-refractivity contribution in [1.29, 1.82) is 0 Å². The molecule has 0 aliphatic carbocycles. The lowest BCUT2D eigenvalue weighted by molar-refractivity contribution is -0.137. The van der Waals surface area contributed by atoms with Crippen LogP contribution in [-0.4, -0.2) is 39.3 Å². The summed E-state index contributed by atoms with van der Waals surface area (Å²) in [6, 6.07) is 9.56. The molecule has 1 aromatic carbocycles. The van der Waals surface area contributed by atoms with Crippen molar-refractivity contribution >= 4 is 29.0 Å². The lowest BCUT2D eigenvalue weighted by Crippen LogP contribution is -2.34. The van der Waals surface area contributed by atoms with Crippen LogP contribution < -0.4 is 5.32 Å². The normalized spacial score (nSPS) is 14.3. The van der Waals surface area contributed by atoms with Crippen molar-refractivity contribution in [3.8, 4) is 10.4 Å². The van der Waals surface area contributed by atoms with Crippen molar-refractivity contribution in [2.75, 3.05) is 18.5 Å². The number of aliphatic hydroxyl groups excluding tert-OH is 1. The number of hydrogen-bond acceptors (Lipinski definition) is 6. The number of imide groups is 1. The molecular weight excluding hydrogens is 314 g/mol. The average Bonchev–Trinajstić information content (AvgIpc) is 3.07. The van der Waals surface area contributed by atoms with Crippen molar-refractivity contribution in [1.82, 2.24) is 9.27 Å². The van der Waals surface area contributed by atoms with Gasteiger partial charge in [0.15, 0.2) is 0 Å². The van der Waals surface area contributed by atoms with Gasteiger partial charge in [-0.1, -0.05) is 12.1 Å². The number of carbonyl (C=O) groups is 2. The smallest absolute Gasteiger partial charge is 0.277 e. The second-order valence-electron chi connectivity index (χ2n) is 5.11. The van der Waals surface area contributed by atoms with Crippen LogP contribution in [0.1, 0.15) is 5.69 Å². The number of β-amino-alcohol motifs (C(OH)–C–C–N with tert-alkyl or cyclic N) is 1. The molecule has 23 heavy (non-hydrogen) atoms. The maximum absolute atomic E-state index is 12.1. The molecule has 7 heteroatoms. The summed E-state index contributed by atoms with van der Waals surface area (Å²) >= 11 is 1.41. The number of aryl methyl sites for hydroxylation is 1. The summed E-state index contributed by atoms with van der Waals surface area (Å²) in [5.41, 5.74) is 2.88. The van der Waals surface area contributed by atoms with E-state index in [1.807, 2.05) is 37.3 Å². The van der Waals surface area contributed by atoms with Gasteiger partial charge in [0.1, 0.15) is 5.70 Å². The van der Waals surface area contributed by atoms with E-state index >= 15 is 0 Å². The van der Waals surface area contributed by atoms with Crippen LogP contribution in [0.4, 0.5) is 5.69 Å². The topological polar surface area (TPSA) is 82.5 Å². The summed E-state index contributed by atoms with van der Waals surface area (Å²) in [6.07, 6.45) is 1.25. The fourth-order valence-corrected chi connectivity index (χ4v) is 3.07. The molecule has 1 aromatic heterocycles. The maximum atomic E-state index is 12.1. The van der Waals surface area contributed by atoms with E-state index in [9.17, 15) is 9.59 Å². The van der Waals surface area contributed by atoms with Gasteiger partial charge in [0.25, 0.3) is 11.8 Å². The third-order valence-corrected chi connectivity index (χ3v) is 4.32. The Balaban J connectivity index is 1.80. The van der Waals surface area contributed by atoms with Crippen molar-refractivity contribution in [2.45, 2.75) is 6.92 Å². The van der Waals surface area contributed by atoms with Crippen LogP contribution in [0.25, 0.3) is 10.4 Å². The fraction of sp³-hybridized carbons (Fsp3) is 0.188. The highest BCUT2D eigenvalue weighted by atomic mass is 32.1. The maximum Gasteiger partial charge on any atom is 0.277 e. The first-order valence-corrected chi connectivity index (χ1v) is 7.85. The van der Waals surface area contributed by atoms with Crippen molar-refractivity contribution in [3.63, 3.8) is 0 Å². The van der Waals surface area contributed by atoms with Gasteiger partial charge in [-0.25, -0.2) is 0 Å². The number of carbonyl (C=O) groups excluding carboxylic acids is 2. The molecule has 6 nitrogen and oxygen atoms in total. The van der Waals surface area contributed by atoms with Crippen LogP contribution in [0.15, 0.2) is 42.1 Å². The molecule has 0 unspecified atom stereocenters. The molecule has 2 aromatic rings. The Morgan fingerprint density at radius 3 is 2.83 bits per heavy atom. The SMILES string of the molecule is Cc1cc(-c2cccc(NC3=CC(=O)N(CCO)C3=O)c2)sn1. The first kappa shape index (κ1) is 15.4. The third-order valence-electron chi connectivity index (χ3n) is 3.39. The summed E-state index contributed by atoms with van der Waals surface area (Å²) in [5.74, 6) is -0.844. The minimum atomic E-state index is -0.428. The fourth-order valence-electron chi connectivity index (χ4n) is 2.32. The first-order valence-electron chi connectivity index (χ1n) is 7.07. The van der Waals surface area contributed by atoms with Gasteiger partial charge in [0.2, 0.25) is 0 Å². The average molecular weight is 329 g/mol. The summed E-state index contributed by atoms with van der Waals surface area (Å²) in [7, 11) is 0. The van der Waals surface area contributed by atoms with Gasteiger partial charge in [0, 0.05) is 11.8 Å². The number of benzene rings is 1. The number of aliphatic hydroxyl groups is 1. The molecule has 0 atom stereocenters. The molecule has 0 radical (unpaired) electrons. The van der Waals surface area contributed by atoms with Crippen LogP contribution in [0.2, 0.25) is 0 Å². The molecule has 0 bridgehead atoms. The second kappa shape index (κ2) is 6.31. The minimum absolute atomic E-state index is 0.000468. The molecule has 1 aliphatic rings. The van der Waals surface area contributed by atoms with E-state index in [1.165, 1.54) is 17.6 Å². The van der Waals surface area contributed by atoms with Gasteiger partial charge in [-0.05, 0) is 42.2 Å². The van der Waals surface area contributed by atoms with Gasteiger partial charge >= 0.3 is 0 Å². The van der Waals surface area contributed by atoms with Crippen molar-refractivity contribution in [3.05, 3.63) is 47.8 Å². The lowest BCUT2D eigenvalue weighted by Gasteiger charge is -2.13. The summed E-state index contributed by atoms with van der Waals surface area (Å²) in [4.78, 5) is 25.9. The largest absolute Gasteiger partial charge is 0.395 e. The molecule has 0 saturated carbocycles. The standard InChI is InChI=1S/C16H15N3O3S/c1-10-7-14(23-18-10)11-3-2-4-12(8-11)17-13-9-15(21)19(5-6-20)16(13)22/h2-4,7-9,17,20H,5-6H2,1H3. The quantitative estimate of drug-likeness (QED) is 0.817. The van der Waals surface area contributed by atoms with Gasteiger partial charge < -0.3 is 10.4 Å². The monoisotopic (exact) mass is 329 g/mol. The van der Waals surface area contributed by atoms with E-state index in [-0.39, 0.29) is 18.8 Å². The summed E-state index contributed by atoms with van der Waals surface area (Å²) in [5, 5.41) is 11.9. The van der Waals surface area contributed by atoms with Crippen LogP contribution >= 0.6 is 11.5 Å². The molecule has 2 amide bonds. The number of rotatable bonds is 5. The van der Waals surface area contributed by atoms with Crippen molar-refractivity contribution < 1.29 is 14.7 Å². The Bertz CT molecular complexity index is 797. The van der Waals surface area contributed by atoms with Crippen LogP contribution in [0, 0.1) is 6.92 Å². The predicted octanol–water partition coefficient (Wildman–Crippen LogP) is 1.78. The number of hydrogen-bond donors (Lipinski definition) is 2. The number of amides is 2. The number of anilines is 1. The Labute approximate surface area is 137 Å². The van der Waals surface area contributed by atoms with E-state index < -0.39 is 11.8 Å².